The Bertz CT molecular complexity index is 735. The molecule has 0 aliphatic carbocycles. The fourth-order valence-electron chi connectivity index (χ4n) is 3.52. The maximum Gasteiger partial charge on any atom is 0.574 e. The molecule has 0 bridgehead atoms. The molecule has 2 aromatic rings. The van der Waals surface area contributed by atoms with Gasteiger partial charge in [0.05, 0.1) is 0 Å². The van der Waals surface area contributed by atoms with Crippen molar-refractivity contribution in [2.75, 3.05) is 22.9 Å². The van der Waals surface area contributed by atoms with E-state index in [1.165, 1.54) is 22.9 Å². The number of hydrogen-bond donors (Lipinski definition) is 0. The van der Waals surface area contributed by atoms with E-state index in [9.17, 15) is 8.63 Å². The Hall–Kier alpha value is -2.04. The third-order valence-electron chi connectivity index (χ3n) is 4.86. The van der Waals surface area contributed by atoms with Crippen LogP contribution in [0.25, 0.3) is 0 Å². The molecule has 2 aromatic carbocycles. The molecule has 0 amide bonds. The van der Waals surface area contributed by atoms with E-state index in [0.29, 0.717) is 24.1 Å². The predicted molar refractivity (Wildman–Crippen MR) is 107 cm³/mol. The van der Waals surface area contributed by atoms with Crippen LogP contribution in [0.5, 0.6) is 0 Å². The van der Waals surface area contributed by atoms with Gasteiger partial charge in [0, 0.05) is 29.9 Å². The number of benzene rings is 2. The van der Waals surface area contributed by atoms with Gasteiger partial charge in [-0.25, -0.2) is 0 Å². The predicted octanol–water partition coefficient (Wildman–Crippen LogP) is 4.89. The monoisotopic (exact) mass is 354 g/mol. The van der Waals surface area contributed by atoms with Crippen LogP contribution in [-0.2, 0) is 0 Å². The lowest BCUT2D eigenvalue weighted by atomic mass is 9.84. The molecule has 1 aliphatic rings. The van der Waals surface area contributed by atoms with E-state index in [0.717, 1.165) is 6.54 Å². The Balaban J connectivity index is 1.95. The van der Waals surface area contributed by atoms with Gasteiger partial charge in [0.1, 0.15) is 0 Å². The van der Waals surface area contributed by atoms with Crippen molar-refractivity contribution in [1.82, 2.24) is 0 Å². The number of rotatable bonds is 5. The second-order valence-corrected chi connectivity index (χ2v) is 7.36. The smallest absolute Gasteiger partial charge is 0.340 e. The van der Waals surface area contributed by atoms with Crippen LogP contribution in [0.4, 0.5) is 20.0 Å². The third-order valence-corrected chi connectivity index (χ3v) is 4.86. The standard InChI is InChI=1S/C21H25BF2N2/c1-15(2)17-8-7-9-18(16(3)4)21(17)26-13-12-25(14-26)20-11-6-5-10-19(20)22(23)24/h5-11,15-16H,12-13H2,1-4H3. The van der Waals surface area contributed by atoms with Gasteiger partial charge in [-0.3, -0.25) is 8.63 Å². The average molecular weight is 354 g/mol. The van der Waals surface area contributed by atoms with Crippen LogP contribution in [-0.4, -0.2) is 20.4 Å². The summed E-state index contributed by atoms with van der Waals surface area (Å²) >= 11 is 0. The Kier molecular flexibility index (Phi) is 5.54. The van der Waals surface area contributed by atoms with Crippen molar-refractivity contribution in [3.05, 3.63) is 60.3 Å². The van der Waals surface area contributed by atoms with E-state index < -0.39 is 7.27 Å². The highest BCUT2D eigenvalue weighted by atomic mass is 19.2. The Morgan fingerprint density at radius 3 is 2.00 bits per heavy atom. The Morgan fingerprint density at radius 2 is 1.42 bits per heavy atom. The van der Waals surface area contributed by atoms with E-state index >= 15 is 0 Å². The number of anilines is 2. The summed E-state index contributed by atoms with van der Waals surface area (Å²) in [6.07, 6.45) is 0. The van der Waals surface area contributed by atoms with Gasteiger partial charge >= 0.3 is 7.27 Å². The molecule has 0 atom stereocenters. The van der Waals surface area contributed by atoms with Crippen molar-refractivity contribution in [3.63, 3.8) is 0 Å². The lowest BCUT2D eigenvalue weighted by molar-refractivity contribution is 0.684. The molecule has 2 nitrogen and oxygen atoms in total. The molecular formula is C21H25BF2N2. The lowest BCUT2D eigenvalue weighted by Gasteiger charge is -2.27. The van der Waals surface area contributed by atoms with Crippen molar-refractivity contribution >= 4 is 24.1 Å². The number of nitrogens with zero attached hydrogens (tertiary/aromatic N) is 2. The van der Waals surface area contributed by atoms with Gasteiger partial charge in [-0.1, -0.05) is 64.1 Å². The summed E-state index contributed by atoms with van der Waals surface area (Å²) in [4.78, 5) is 3.93. The normalized spacial score (nSPS) is 14.6. The molecule has 0 unspecified atom stereocenters. The molecule has 1 saturated heterocycles. The minimum absolute atomic E-state index is 0.0584. The van der Waals surface area contributed by atoms with Gasteiger partial charge < -0.3 is 9.80 Å². The summed E-state index contributed by atoms with van der Waals surface area (Å²) in [6, 6.07) is 13.1. The first kappa shape index (κ1) is 18.7. The molecule has 1 aliphatic heterocycles. The van der Waals surface area contributed by atoms with Crippen LogP contribution >= 0.6 is 0 Å². The molecule has 136 valence electrons. The largest absolute Gasteiger partial charge is 0.574 e. The average Bonchev–Trinajstić information content (AvgIpc) is 3.10. The molecule has 5 heteroatoms. The minimum Gasteiger partial charge on any atom is -0.340 e. The minimum atomic E-state index is -2.49. The molecule has 1 fully saturated rings. The van der Waals surface area contributed by atoms with Crippen molar-refractivity contribution in [3.8, 4) is 0 Å². The Labute approximate surface area is 156 Å². The van der Waals surface area contributed by atoms with Crippen LogP contribution < -0.4 is 15.3 Å². The molecule has 0 aromatic heterocycles. The highest BCUT2D eigenvalue weighted by Gasteiger charge is 2.31. The van der Waals surface area contributed by atoms with E-state index in [4.69, 9.17) is 0 Å². The van der Waals surface area contributed by atoms with Crippen molar-refractivity contribution in [2.45, 2.75) is 39.5 Å². The quantitative estimate of drug-likeness (QED) is 0.706. The summed E-state index contributed by atoms with van der Waals surface area (Å²) in [5.41, 5.74) is 4.32. The fraction of sp³-hybridized carbons (Fsp3) is 0.381. The zero-order valence-corrected chi connectivity index (χ0v) is 15.8. The van der Waals surface area contributed by atoms with E-state index in [1.807, 2.05) is 4.90 Å². The van der Waals surface area contributed by atoms with Gasteiger partial charge in [-0.05, 0) is 29.0 Å². The summed E-state index contributed by atoms with van der Waals surface area (Å²) < 4.78 is 26.7. The summed E-state index contributed by atoms with van der Waals surface area (Å²) in [7, 11) is -2.49. The van der Waals surface area contributed by atoms with Gasteiger partial charge in [-0.2, -0.15) is 0 Å². The highest BCUT2D eigenvalue weighted by Crippen LogP contribution is 2.38. The van der Waals surface area contributed by atoms with Crippen molar-refractivity contribution in [1.29, 1.82) is 0 Å². The third kappa shape index (κ3) is 3.58. The maximum atomic E-state index is 13.4. The molecule has 0 saturated carbocycles. The van der Waals surface area contributed by atoms with E-state index in [2.05, 4.69) is 57.5 Å². The number of hydrogen-bond acceptors (Lipinski definition) is 2. The van der Waals surface area contributed by atoms with E-state index in [-0.39, 0.29) is 5.46 Å². The van der Waals surface area contributed by atoms with Crippen molar-refractivity contribution in [2.24, 2.45) is 0 Å². The zero-order chi connectivity index (χ0) is 18.8. The molecule has 0 N–H and O–H groups in total. The van der Waals surface area contributed by atoms with Crippen molar-refractivity contribution < 1.29 is 8.63 Å². The van der Waals surface area contributed by atoms with Gasteiger partial charge in [0.25, 0.3) is 0 Å². The summed E-state index contributed by atoms with van der Waals surface area (Å²) in [5, 5.41) is 0. The Morgan fingerprint density at radius 1 is 0.846 bits per heavy atom. The van der Waals surface area contributed by atoms with Crippen LogP contribution in [0.2, 0.25) is 0 Å². The van der Waals surface area contributed by atoms with Crippen LogP contribution in [0, 0.1) is 6.67 Å². The molecule has 2 radical (unpaired) electrons. The first-order valence-electron chi connectivity index (χ1n) is 9.21. The molecule has 26 heavy (non-hydrogen) atoms. The first-order valence-corrected chi connectivity index (χ1v) is 9.21. The molecular weight excluding hydrogens is 329 g/mol. The molecule has 1 heterocycles. The van der Waals surface area contributed by atoms with Crippen LogP contribution in [0.3, 0.4) is 0 Å². The van der Waals surface area contributed by atoms with Gasteiger partial charge in [0.15, 0.2) is 0 Å². The zero-order valence-electron chi connectivity index (χ0n) is 15.8. The van der Waals surface area contributed by atoms with E-state index in [1.54, 1.807) is 18.2 Å². The molecule has 3 rings (SSSR count). The van der Waals surface area contributed by atoms with Crippen LogP contribution in [0.1, 0.15) is 50.7 Å². The second kappa shape index (κ2) is 7.69. The SMILES string of the molecule is CC(C)c1cccc(C(C)C)c1N1[C]N(c2ccccc2B(F)F)CC1. The number of para-hydroxylation sites is 2. The first-order chi connectivity index (χ1) is 12.4. The molecule has 0 spiro atoms. The van der Waals surface area contributed by atoms with Gasteiger partial charge in [0.2, 0.25) is 6.67 Å². The second-order valence-electron chi connectivity index (χ2n) is 7.36. The van der Waals surface area contributed by atoms with Gasteiger partial charge in [-0.15, -0.1) is 0 Å². The topological polar surface area (TPSA) is 6.48 Å². The fourth-order valence-corrected chi connectivity index (χ4v) is 3.52. The van der Waals surface area contributed by atoms with Crippen LogP contribution in [0.15, 0.2) is 42.5 Å². The lowest BCUT2D eigenvalue weighted by Crippen LogP contribution is -2.30. The summed E-state index contributed by atoms with van der Waals surface area (Å²) in [6.45, 7) is 13.5. The summed E-state index contributed by atoms with van der Waals surface area (Å²) in [5.74, 6) is 0.765. The number of halogens is 2. The highest BCUT2D eigenvalue weighted by molar-refractivity contribution is 6.61. The maximum absolute atomic E-state index is 13.4.